The van der Waals surface area contributed by atoms with Gasteiger partial charge in [-0.25, -0.2) is 0 Å². The normalized spacial score (nSPS) is 19.6. The van der Waals surface area contributed by atoms with E-state index in [2.05, 4.69) is 31.7 Å². The van der Waals surface area contributed by atoms with Gasteiger partial charge in [0.15, 0.2) is 0 Å². The average molecular weight is 265 g/mol. The number of para-hydroxylation sites is 1. The summed E-state index contributed by atoms with van der Waals surface area (Å²) in [5.74, 6) is -0.737. The van der Waals surface area contributed by atoms with E-state index in [1.165, 1.54) is 23.0 Å². The van der Waals surface area contributed by atoms with Gasteiger partial charge in [-0.15, -0.1) is 11.8 Å². The second-order valence-electron chi connectivity index (χ2n) is 5.73. The SMILES string of the molecule is CN1CC(C(=O)O)Sc2cccc(C(C)(C)C)c21. The van der Waals surface area contributed by atoms with Gasteiger partial charge in [0, 0.05) is 18.5 Å². The average Bonchev–Trinajstić information content (AvgIpc) is 2.26. The Morgan fingerprint density at radius 2 is 2.11 bits per heavy atom. The van der Waals surface area contributed by atoms with Gasteiger partial charge in [0.05, 0.1) is 5.69 Å². The van der Waals surface area contributed by atoms with Crippen LogP contribution in [0.2, 0.25) is 0 Å². The Labute approximate surface area is 112 Å². The summed E-state index contributed by atoms with van der Waals surface area (Å²) in [6.07, 6.45) is 0. The molecule has 0 amide bonds. The van der Waals surface area contributed by atoms with Crippen molar-refractivity contribution < 1.29 is 9.90 Å². The number of rotatable bonds is 1. The molecule has 2 rings (SSSR count). The molecule has 98 valence electrons. The first-order valence-electron chi connectivity index (χ1n) is 6.05. The highest BCUT2D eigenvalue weighted by Crippen LogP contribution is 2.43. The van der Waals surface area contributed by atoms with Gasteiger partial charge in [-0.3, -0.25) is 4.79 Å². The third kappa shape index (κ3) is 2.34. The maximum absolute atomic E-state index is 11.1. The largest absolute Gasteiger partial charge is 0.480 e. The van der Waals surface area contributed by atoms with E-state index < -0.39 is 5.97 Å². The molecule has 3 nitrogen and oxygen atoms in total. The van der Waals surface area contributed by atoms with Crippen LogP contribution < -0.4 is 4.90 Å². The van der Waals surface area contributed by atoms with Crippen LogP contribution in [0.25, 0.3) is 0 Å². The summed E-state index contributed by atoms with van der Waals surface area (Å²) >= 11 is 1.46. The van der Waals surface area contributed by atoms with E-state index in [4.69, 9.17) is 5.11 Å². The van der Waals surface area contributed by atoms with Crippen molar-refractivity contribution >= 4 is 23.4 Å². The van der Waals surface area contributed by atoms with Gasteiger partial charge in [0.25, 0.3) is 0 Å². The smallest absolute Gasteiger partial charge is 0.318 e. The van der Waals surface area contributed by atoms with Crippen molar-refractivity contribution in [1.82, 2.24) is 0 Å². The second-order valence-corrected chi connectivity index (χ2v) is 6.97. The summed E-state index contributed by atoms with van der Waals surface area (Å²) in [6.45, 7) is 7.11. The summed E-state index contributed by atoms with van der Waals surface area (Å²) in [5, 5.41) is 8.79. The summed E-state index contributed by atoms with van der Waals surface area (Å²) in [4.78, 5) is 14.3. The Hall–Kier alpha value is -1.16. The van der Waals surface area contributed by atoms with Crippen LogP contribution in [0.3, 0.4) is 0 Å². The van der Waals surface area contributed by atoms with Crippen LogP contribution in [0.4, 0.5) is 5.69 Å². The molecule has 1 N–H and O–H groups in total. The molecule has 0 radical (unpaired) electrons. The number of thioether (sulfide) groups is 1. The van der Waals surface area contributed by atoms with Gasteiger partial charge < -0.3 is 10.0 Å². The van der Waals surface area contributed by atoms with Crippen LogP contribution >= 0.6 is 11.8 Å². The number of hydrogen-bond donors (Lipinski definition) is 1. The Morgan fingerprint density at radius 3 is 2.67 bits per heavy atom. The molecule has 1 aliphatic rings. The zero-order valence-corrected chi connectivity index (χ0v) is 12.0. The summed E-state index contributed by atoms with van der Waals surface area (Å²) in [6, 6.07) is 6.17. The van der Waals surface area contributed by atoms with Crippen LogP contribution in [0, 0.1) is 0 Å². The van der Waals surface area contributed by atoms with Crippen molar-refractivity contribution in [3.8, 4) is 0 Å². The topological polar surface area (TPSA) is 40.5 Å². The highest BCUT2D eigenvalue weighted by molar-refractivity contribution is 8.00. The predicted molar refractivity (Wildman–Crippen MR) is 75.7 cm³/mol. The van der Waals surface area contributed by atoms with Gasteiger partial charge >= 0.3 is 5.97 Å². The van der Waals surface area contributed by atoms with Gasteiger partial charge in [-0.2, -0.15) is 0 Å². The molecule has 18 heavy (non-hydrogen) atoms. The Kier molecular flexibility index (Phi) is 3.32. The summed E-state index contributed by atoms with van der Waals surface area (Å²) < 4.78 is 0. The lowest BCUT2D eigenvalue weighted by Gasteiger charge is -2.36. The lowest BCUT2D eigenvalue weighted by Crippen LogP contribution is -2.37. The van der Waals surface area contributed by atoms with E-state index in [1.54, 1.807) is 0 Å². The number of anilines is 1. The third-order valence-electron chi connectivity index (χ3n) is 3.17. The molecule has 0 aromatic heterocycles. The number of benzene rings is 1. The quantitative estimate of drug-likeness (QED) is 0.847. The van der Waals surface area contributed by atoms with Crippen LogP contribution in [-0.2, 0) is 10.2 Å². The van der Waals surface area contributed by atoms with Crippen LogP contribution in [0.15, 0.2) is 23.1 Å². The van der Waals surface area contributed by atoms with E-state index in [-0.39, 0.29) is 10.7 Å². The van der Waals surface area contributed by atoms with Crippen LogP contribution in [0.5, 0.6) is 0 Å². The number of fused-ring (bicyclic) bond motifs is 1. The lowest BCUT2D eigenvalue weighted by molar-refractivity contribution is -0.136. The fourth-order valence-corrected chi connectivity index (χ4v) is 3.52. The Balaban J connectivity index is 2.49. The molecule has 1 atom stereocenters. The summed E-state index contributed by atoms with van der Waals surface area (Å²) in [7, 11) is 1.98. The van der Waals surface area contributed by atoms with Crippen molar-refractivity contribution in [2.24, 2.45) is 0 Å². The highest BCUT2D eigenvalue weighted by Gasteiger charge is 2.31. The Bertz CT molecular complexity index is 479. The van der Waals surface area contributed by atoms with E-state index in [0.29, 0.717) is 6.54 Å². The number of carbonyl (C=O) groups is 1. The number of hydrogen-bond acceptors (Lipinski definition) is 3. The first kappa shape index (κ1) is 13.3. The zero-order valence-electron chi connectivity index (χ0n) is 11.2. The van der Waals surface area contributed by atoms with Crippen molar-refractivity contribution in [1.29, 1.82) is 0 Å². The van der Waals surface area contributed by atoms with Gasteiger partial charge in [0.1, 0.15) is 5.25 Å². The molecule has 1 heterocycles. The molecule has 0 aliphatic carbocycles. The van der Waals surface area contributed by atoms with Crippen molar-refractivity contribution in [2.45, 2.75) is 36.3 Å². The minimum Gasteiger partial charge on any atom is -0.480 e. The van der Waals surface area contributed by atoms with Crippen LogP contribution in [-0.4, -0.2) is 29.9 Å². The first-order chi connectivity index (χ1) is 8.30. The number of nitrogens with zero attached hydrogens (tertiary/aromatic N) is 1. The standard InChI is InChI=1S/C14H19NO2S/c1-14(2,3)9-6-5-7-10-12(9)15(4)8-11(18-10)13(16)17/h5-7,11H,8H2,1-4H3,(H,16,17). The fourth-order valence-electron chi connectivity index (χ4n) is 2.28. The molecule has 0 fully saturated rings. The van der Waals surface area contributed by atoms with Crippen molar-refractivity contribution in [3.05, 3.63) is 23.8 Å². The minimum atomic E-state index is -0.737. The molecular weight excluding hydrogens is 246 g/mol. The molecule has 0 bridgehead atoms. The summed E-state index contributed by atoms with van der Waals surface area (Å²) in [5.41, 5.74) is 2.53. The minimum absolute atomic E-state index is 0.0657. The maximum atomic E-state index is 11.1. The third-order valence-corrected chi connectivity index (χ3v) is 4.39. The molecule has 0 spiro atoms. The lowest BCUT2D eigenvalue weighted by atomic mass is 9.85. The number of aliphatic carboxylic acids is 1. The predicted octanol–water partition coefficient (Wildman–Crippen LogP) is 2.98. The highest BCUT2D eigenvalue weighted by atomic mass is 32.2. The number of carboxylic acids is 1. The second kappa shape index (κ2) is 4.50. The van der Waals surface area contributed by atoms with Crippen LogP contribution in [0.1, 0.15) is 26.3 Å². The van der Waals surface area contributed by atoms with E-state index in [1.807, 2.05) is 19.2 Å². The van der Waals surface area contributed by atoms with Crippen molar-refractivity contribution in [2.75, 3.05) is 18.5 Å². The molecular formula is C14H19NO2S. The monoisotopic (exact) mass is 265 g/mol. The maximum Gasteiger partial charge on any atom is 0.318 e. The van der Waals surface area contributed by atoms with E-state index in [0.717, 1.165) is 4.90 Å². The van der Waals surface area contributed by atoms with E-state index in [9.17, 15) is 4.79 Å². The molecule has 1 aliphatic heterocycles. The van der Waals surface area contributed by atoms with Gasteiger partial charge in [-0.05, 0) is 17.0 Å². The molecule has 1 aromatic rings. The van der Waals surface area contributed by atoms with Gasteiger partial charge in [-0.1, -0.05) is 32.9 Å². The fraction of sp³-hybridized carbons (Fsp3) is 0.500. The van der Waals surface area contributed by atoms with Gasteiger partial charge in [0.2, 0.25) is 0 Å². The molecule has 0 saturated heterocycles. The Morgan fingerprint density at radius 1 is 1.44 bits per heavy atom. The molecule has 0 saturated carbocycles. The number of carboxylic acid groups (broad SMARTS) is 1. The molecule has 1 aromatic carbocycles. The van der Waals surface area contributed by atoms with Crippen molar-refractivity contribution in [3.63, 3.8) is 0 Å². The van der Waals surface area contributed by atoms with E-state index >= 15 is 0 Å². The molecule has 1 unspecified atom stereocenters. The molecule has 4 heteroatoms. The first-order valence-corrected chi connectivity index (χ1v) is 6.93. The zero-order chi connectivity index (χ0) is 13.5.